The van der Waals surface area contributed by atoms with Crippen molar-refractivity contribution in [1.29, 1.82) is 0 Å². The molecule has 1 unspecified atom stereocenters. The number of amides is 1. The summed E-state index contributed by atoms with van der Waals surface area (Å²) in [5.74, 6) is -4.06. The first-order chi connectivity index (χ1) is 15.0. The van der Waals surface area contributed by atoms with Crippen molar-refractivity contribution in [3.63, 3.8) is 0 Å². The van der Waals surface area contributed by atoms with Gasteiger partial charge < -0.3 is 5.32 Å². The highest BCUT2D eigenvalue weighted by atomic mass is 19.4. The minimum Gasteiger partial charge on any atom is -0.351 e. The van der Waals surface area contributed by atoms with Crippen LogP contribution < -0.4 is 5.32 Å². The van der Waals surface area contributed by atoms with Crippen molar-refractivity contribution < 1.29 is 31.1 Å². The molecule has 32 heavy (non-hydrogen) atoms. The Morgan fingerprint density at radius 3 is 2.41 bits per heavy atom. The van der Waals surface area contributed by atoms with Gasteiger partial charge in [0.2, 0.25) is 5.91 Å². The lowest BCUT2D eigenvalue weighted by molar-refractivity contribution is -0.137. The number of alkyl halides is 3. The Balaban J connectivity index is 1.82. The molecule has 3 aromatic carbocycles. The Hall–Kier alpha value is -3.29. The van der Waals surface area contributed by atoms with E-state index in [1.54, 1.807) is 18.2 Å². The van der Waals surface area contributed by atoms with E-state index in [0.717, 1.165) is 18.2 Å². The SMILES string of the molecule is CC1(Cc2cc(F)cc(F)c2F)C(=O)NCc2ccc(-c3cccc(C(F)(F)F)c3)cc21. The summed E-state index contributed by atoms with van der Waals surface area (Å²) >= 11 is 0. The van der Waals surface area contributed by atoms with Gasteiger partial charge in [-0.2, -0.15) is 13.2 Å². The van der Waals surface area contributed by atoms with E-state index in [4.69, 9.17) is 0 Å². The maximum atomic E-state index is 14.3. The molecule has 1 atom stereocenters. The summed E-state index contributed by atoms with van der Waals surface area (Å²) < 4.78 is 81.1. The number of benzene rings is 3. The Kier molecular flexibility index (Phi) is 5.27. The van der Waals surface area contributed by atoms with Gasteiger partial charge in [-0.3, -0.25) is 4.79 Å². The van der Waals surface area contributed by atoms with Crippen LogP contribution in [0, 0.1) is 17.5 Å². The first-order valence-electron chi connectivity index (χ1n) is 9.72. The van der Waals surface area contributed by atoms with E-state index < -0.39 is 40.5 Å². The number of carbonyl (C=O) groups excluding carboxylic acids is 1. The molecule has 1 heterocycles. The second-order valence-corrected chi connectivity index (χ2v) is 8.00. The molecule has 0 saturated heterocycles. The van der Waals surface area contributed by atoms with Crippen LogP contribution in [0.15, 0.2) is 54.6 Å². The summed E-state index contributed by atoms with van der Waals surface area (Å²) in [6, 6.07) is 10.9. The van der Waals surface area contributed by atoms with Gasteiger partial charge in [-0.25, -0.2) is 13.2 Å². The molecule has 0 aliphatic carbocycles. The summed E-state index contributed by atoms with van der Waals surface area (Å²) in [6.45, 7) is 1.69. The van der Waals surface area contributed by atoms with Crippen molar-refractivity contribution in [2.75, 3.05) is 0 Å². The summed E-state index contributed by atoms with van der Waals surface area (Å²) in [6.07, 6.45) is -4.85. The molecule has 166 valence electrons. The van der Waals surface area contributed by atoms with Crippen molar-refractivity contribution in [2.24, 2.45) is 0 Å². The highest BCUT2D eigenvalue weighted by Crippen LogP contribution is 2.38. The molecule has 0 bridgehead atoms. The van der Waals surface area contributed by atoms with E-state index in [9.17, 15) is 31.1 Å². The second-order valence-electron chi connectivity index (χ2n) is 8.00. The summed E-state index contributed by atoms with van der Waals surface area (Å²) in [4.78, 5) is 12.8. The molecule has 0 spiro atoms. The number of fused-ring (bicyclic) bond motifs is 1. The van der Waals surface area contributed by atoms with Gasteiger partial charge in [0.05, 0.1) is 11.0 Å². The maximum absolute atomic E-state index is 14.3. The topological polar surface area (TPSA) is 29.1 Å². The lowest BCUT2D eigenvalue weighted by Gasteiger charge is -2.35. The molecule has 8 heteroatoms. The molecule has 0 radical (unpaired) electrons. The number of hydrogen-bond donors (Lipinski definition) is 1. The number of hydrogen-bond acceptors (Lipinski definition) is 1. The molecule has 1 N–H and O–H groups in total. The minimum atomic E-state index is -4.52. The molecule has 0 fully saturated rings. The first kappa shape index (κ1) is 21.9. The Morgan fingerprint density at radius 2 is 1.69 bits per heavy atom. The number of rotatable bonds is 3. The van der Waals surface area contributed by atoms with Crippen LogP contribution in [0.5, 0.6) is 0 Å². The summed E-state index contributed by atoms with van der Waals surface area (Å²) in [5.41, 5.74) is -0.657. The van der Waals surface area contributed by atoms with Gasteiger partial charge in [-0.05, 0) is 65.4 Å². The Bertz CT molecular complexity index is 1220. The van der Waals surface area contributed by atoms with Crippen LogP contribution in [-0.2, 0) is 29.4 Å². The lowest BCUT2D eigenvalue weighted by atomic mass is 9.72. The van der Waals surface area contributed by atoms with Gasteiger partial charge in [0.15, 0.2) is 11.6 Å². The molecular weight excluding hydrogens is 432 g/mol. The van der Waals surface area contributed by atoms with Crippen LogP contribution in [-0.4, -0.2) is 5.91 Å². The van der Waals surface area contributed by atoms with Crippen molar-refractivity contribution in [1.82, 2.24) is 5.32 Å². The van der Waals surface area contributed by atoms with Gasteiger partial charge in [0.25, 0.3) is 0 Å². The third-order valence-electron chi connectivity index (χ3n) is 5.78. The number of halogens is 6. The monoisotopic (exact) mass is 449 g/mol. The average Bonchev–Trinajstić information content (AvgIpc) is 2.74. The third-order valence-corrected chi connectivity index (χ3v) is 5.78. The lowest BCUT2D eigenvalue weighted by Crippen LogP contribution is -2.48. The molecule has 0 saturated carbocycles. The van der Waals surface area contributed by atoms with Gasteiger partial charge in [-0.1, -0.05) is 24.3 Å². The van der Waals surface area contributed by atoms with Crippen LogP contribution >= 0.6 is 0 Å². The predicted molar refractivity (Wildman–Crippen MR) is 106 cm³/mol. The zero-order chi connectivity index (χ0) is 23.3. The minimum absolute atomic E-state index is 0.173. The van der Waals surface area contributed by atoms with Crippen LogP contribution in [0.3, 0.4) is 0 Å². The summed E-state index contributed by atoms with van der Waals surface area (Å²) in [7, 11) is 0. The Labute approximate surface area is 179 Å². The van der Waals surface area contributed by atoms with Gasteiger partial charge in [0.1, 0.15) is 5.82 Å². The molecular formula is C24H17F6NO. The molecule has 1 aliphatic rings. The van der Waals surface area contributed by atoms with Crippen molar-refractivity contribution in [2.45, 2.75) is 31.5 Å². The highest BCUT2D eigenvalue weighted by Gasteiger charge is 2.41. The molecule has 1 aliphatic heterocycles. The van der Waals surface area contributed by atoms with Crippen molar-refractivity contribution >= 4 is 5.91 Å². The summed E-state index contributed by atoms with van der Waals surface area (Å²) in [5, 5.41) is 2.69. The number of nitrogens with one attached hydrogen (secondary N) is 1. The standard InChI is InChI=1S/C24H17F6NO/c1-23(11-16-8-18(25)10-20(26)21(16)27)19-9-14(5-6-15(19)12-31-22(23)32)13-3-2-4-17(7-13)24(28,29)30/h2-10H,11-12H2,1H3,(H,31,32). The zero-order valence-corrected chi connectivity index (χ0v) is 16.8. The van der Waals surface area contributed by atoms with E-state index in [2.05, 4.69) is 5.32 Å². The van der Waals surface area contributed by atoms with Crippen molar-refractivity contribution in [3.05, 3.63) is 94.3 Å². The molecule has 2 nitrogen and oxygen atoms in total. The van der Waals surface area contributed by atoms with Gasteiger partial charge in [-0.15, -0.1) is 0 Å². The van der Waals surface area contributed by atoms with Gasteiger partial charge >= 0.3 is 6.18 Å². The maximum Gasteiger partial charge on any atom is 0.416 e. The molecule has 0 aromatic heterocycles. The fourth-order valence-electron chi connectivity index (χ4n) is 4.09. The highest BCUT2D eigenvalue weighted by molar-refractivity contribution is 5.91. The van der Waals surface area contributed by atoms with E-state index in [1.807, 2.05) is 0 Å². The van der Waals surface area contributed by atoms with E-state index in [1.165, 1.54) is 19.1 Å². The third kappa shape index (κ3) is 3.85. The van der Waals surface area contributed by atoms with Gasteiger partial charge in [0, 0.05) is 12.6 Å². The van der Waals surface area contributed by atoms with E-state index in [-0.39, 0.29) is 18.5 Å². The molecule has 4 rings (SSSR count). The predicted octanol–water partition coefficient (Wildman–Crippen LogP) is 5.92. The second kappa shape index (κ2) is 7.69. The first-order valence-corrected chi connectivity index (χ1v) is 9.72. The quantitative estimate of drug-likeness (QED) is 0.390. The smallest absolute Gasteiger partial charge is 0.351 e. The average molecular weight is 449 g/mol. The van der Waals surface area contributed by atoms with Crippen LogP contribution in [0.2, 0.25) is 0 Å². The fourth-order valence-corrected chi connectivity index (χ4v) is 4.09. The normalized spacial score (nSPS) is 18.3. The van der Waals surface area contributed by atoms with Crippen LogP contribution in [0.1, 0.15) is 29.2 Å². The molecule has 3 aromatic rings. The molecule has 1 amide bonds. The fraction of sp³-hybridized carbons (Fsp3) is 0.208. The van der Waals surface area contributed by atoms with Crippen LogP contribution in [0.25, 0.3) is 11.1 Å². The number of carbonyl (C=O) groups is 1. The zero-order valence-electron chi connectivity index (χ0n) is 16.8. The largest absolute Gasteiger partial charge is 0.416 e. The van der Waals surface area contributed by atoms with Crippen LogP contribution in [0.4, 0.5) is 26.3 Å². The Morgan fingerprint density at radius 1 is 0.969 bits per heavy atom. The van der Waals surface area contributed by atoms with E-state index >= 15 is 0 Å². The van der Waals surface area contributed by atoms with Crippen molar-refractivity contribution in [3.8, 4) is 11.1 Å². The van der Waals surface area contributed by atoms with E-state index in [0.29, 0.717) is 28.3 Å².